The van der Waals surface area contributed by atoms with E-state index in [2.05, 4.69) is 10.4 Å². The third kappa shape index (κ3) is 7.24. The predicted molar refractivity (Wildman–Crippen MR) is 144 cm³/mol. The van der Waals surface area contributed by atoms with Crippen molar-refractivity contribution in [2.45, 2.75) is 24.9 Å². The van der Waals surface area contributed by atoms with Crippen LogP contribution in [0, 0.1) is 12.7 Å². The van der Waals surface area contributed by atoms with Crippen molar-refractivity contribution in [3.05, 3.63) is 119 Å². The Morgan fingerprint density at radius 2 is 1.59 bits per heavy atom. The highest BCUT2D eigenvalue weighted by atomic mass is 32.2. The molecule has 9 nitrogen and oxygen atoms in total. The van der Waals surface area contributed by atoms with Crippen molar-refractivity contribution in [2.24, 2.45) is 5.10 Å². The Balaban J connectivity index is 1.43. The number of carbonyl (C=O) groups excluding carboxylic acids is 2. The summed E-state index contributed by atoms with van der Waals surface area (Å²) in [4.78, 5) is 24.1. The fraction of sp³-hybridized carbons (Fsp3) is 0.107. The average molecular weight is 549 g/mol. The summed E-state index contributed by atoms with van der Waals surface area (Å²) in [5.41, 5.74) is 3.64. The fourth-order valence-corrected chi connectivity index (χ4v) is 4.94. The van der Waals surface area contributed by atoms with Crippen molar-refractivity contribution in [3.8, 4) is 0 Å². The number of benzene rings is 3. The van der Waals surface area contributed by atoms with E-state index in [1.165, 1.54) is 22.5 Å². The largest absolute Gasteiger partial charge is 0.459 e. The van der Waals surface area contributed by atoms with Crippen molar-refractivity contribution in [3.63, 3.8) is 0 Å². The highest BCUT2D eigenvalue weighted by molar-refractivity contribution is 7.89. The van der Waals surface area contributed by atoms with Crippen molar-refractivity contribution >= 4 is 33.7 Å². The first-order valence-electron chi connectivity index (χ1n) is 11.8. The molecule has 0 fully saturated rings. The summed E-state index contributed by atoms with van der Waals surface area (Å²) >= 11 is 0. The summed E-state index contributed by atoms with van der Waals surface area (Å²) in [6.45, 7) is 1.94. The number of para-hydroxylation sites is 1. The topological polar surface area (TPSA) is 121 Å². The highest BCUT2D eigenvalue weighted by Crippen LogP contribution is 2.22. The number of anilines is 1. The Morgan fingerprint density at radius 1 is 0.897 bits per heavy atom. The first kappa shape index (κ1) is 27.4. The Hall–Kier alpha value is -4.61. The summed E-state index contributed by atoms with van der Waals surface area (Å²) in [6, 6.07) is 24.3. The number of furan rings is 1. The standard InChI is InChI=1S/C28H25FN4O5S/c1-20-11-15-24(16-12-20)39(36,37)33(18-21-7-3-2-4-8-21)19-23-14-13-22(38-23)17-30-32-28(35)27(34)31-26-10-6-5-9-25(26)29/h2-17H,18-19H2,1H3,(H,31,34)(H,32,35)/b30-17+. The Bertz CT molecular complexity index is 1590. The maximum Gasteiger partial charge on any atom is 0.329 e. The van der Waals surface area contributed by atoms with Crippen LogP contribution in [0.3, 0.4) is 0 Å². The lowest BCUT2D eigenvalue weighted by atomic mass is 10.2. The van der Waals surface area contributed by atoms with Crippen LogP contribution in [-0.2, 0) is 32.7 Å². The van der Waals surface area contributed by atoms with E-state index in [1.807, 2.05) is 42.7 Å². The maximum atomic E-state index is 13.7. The minimum atomic E-state index is -3.86. The molecule has 0 radical (unpaired) electrons. The Morgan fingerprint density at radius 3 is 2.31 bits per heavy atom. The van der Waals surface area contributed by atoms with E-state index in [-0.39, 0.29) is 29.4 Å². The number of carbonyl (C=O) groups is 2. The molecule has 0 saturated heterocycles. The van der Waals surface area contributed by atoms with E-state index in [1.54, 1.807) is 36.4 Å². The predicted octanol–water partition coefficient (Wildman–Crippen LogP) is 4.21. The number of hydrazone groups is 1. The van der Waals surface area contributed by atoms with E-state index in [9.17, 15) is 22.4 Å². The van der Waals surface area contributed by atoms with Crippen LogP contribution >= 0.6 is 0 Å². The zero-order valence-electron chi connectivity index (χ0n) is 20.9. The Kier molecular flexibility index (Phi) is 8.64. The van der Waals surface area contributed by atoms with Crippen LogP contribution in [0.25, 0.3) is 0 Å². The third-order valence-corrected chi connectivity index (χ3v) is 7.37. The summed E-state index contributed by atoms with van der Waals surface area (Å²) in [5.74, 6) is -2.34. The van der Waals surface area contributed by atoms with E-state index in [4.69, 9.17) is 4.42 Å². The van der Waals surface area contributed by atoms with Gasteiger partial charge in [0.15, 0.2) is 0 Å². The van der Waals surface area contributed by atoms with E-state index >= 15 is 0 Å². The summed E-state index contributed by atoms with van der Waals surface area (Å²) in [7, 11) is -3.86. The summed E-state index contributed by atoms with van der Waals surface area (Å²) in [5, 5.41) is 5.84. The number of amides is 2. The first-order valence-corrected chi connectivity index (χ1v) is 13.2. The lowest BCUT2D eigenvalue weighted by Gasteiger charge is -2.21. The zero-order valence-corrected chi connectivity index (χ0v) is 21.7. The quantitative estimate of drug-likeness (QED) is 0.184. The van der Waals surface area contributed by atoms with Gasteiger partial charge in [0.1, 0.15) is 17.3 Å². The molecule has 39 heavy (non-hydrogen) atoms. The Labute approximate surface area is 225 Å². The molecule has 0 aliphatic rings. The van der Waals surface area contributed by atoms with Gasteiger partial charge in [0.05, 0.1) is 23.3 Å². The fourth-order valence-electron chi connectivity index (χ4n) is 3.54. The monoisotopic (exact) mass is 548 g/mol. The van der Waals surface area contributed by atoms with Crippen molar-refractivity contribution in [1.29, 1.82) is 0 Å². The molecule has 0 bridgehead atoms. The molecule has 0 saturated carbocycles. The molecule has 200 valence electrons. The van der Waals surface area contributed by atoms with Gasteiger partial charge in [-0.15, -0.1) is 0 Å². The van der Waals surface area contributed by atoms with Gasteiger partial charge in [-0.1, -0.05) is 60.2 Å². The van der Waals surface area contributed by atoms with E-state index in [0.29, 0.717) is 5.76 Å². The van der Waals surface area contributed by atoms with Gasteiger partial charge in [0.2, 0.25) is 10.0 Å². The molecule has 1 aromatic heterocycles. The van der Waals surface area contributed by atoms with Gasteiger partial charge in [-0.2, -0.15) is 9.41 Å². The van der Waals surface area contributed by atoms with E-state index in [0.717, 1.165) is 23.4 Å². The molecule has 0 aliphatic heterocycles. The smallest absolute Gasteiger partial charge is 0.329 e. The van der Waals surface area contributed by atoms with Crippen LogP contribution in [-0.4, -0.2) is 30.8 Å². The summed E-state index contributed by atoms with van der Waals surface area (Å²) < 4.78 is 47.6. The van der Waals surface area contributed by atoms with Crippen LogP contribution in [0.4, 0.5) is 10.1 Å². The molecule has 1 heterocycles. The molecule has 0 spiro atoms. The molecule has 0 aliphatic carbocycles. The molecular formula is C28H25FN4O5S. The number of nitrogens with zero attached hydrogens (tertiary/aromatic N) is 2. The number of nitrogens with one attached hydrogen (secondary N) is 2. The van der Waals surface area contributed by atoms with Crippen LogP contribution < -0.4 is 10.7 Å². The van der Waals surface area contributed by atoms with Crippen LogP contribution in [0.5, 0.6) is 0 Å². The SMILES string of the molecule is Cc1ccc(S(=O)(=O)N(Cc2ccccc2)Cc2ccc(/C=N/NC(=O)C(=O)Nc3ccccc3F)o2)cc1. The van der Waals surface area contributed by atoms with E-state index < -0.39 is 27.7 Å². The molecular weight excluding hydrogens is 523 g/mol. The lowest BCUT2D eigenvalue weighted by molar-refractivity contribution is -0.136. The molecule has 2 amide bonds. The van der Waals surface area contributed by atoms with Crippen molar-refractivity contribution in [1.82, 2.24) is 9.73 Å². The molecule has 11 heteroatoms. The number of hydrogen-bond donors (Lipinski definition) is 2. The van der Waals surface area contributed by atoms with Gasteiger partial charge in [-0.3, -0.25) is 9.59 Å². The van der Waals surface area contributed by atoms with Gasteiger partial charge in [0.25, 0.3) is 0 Å². The highest BCUT2D eigenvalue weighted by Gasteiger charge is 2.26. The van der Waals surface area contributed by atoms with Crippen LogP contribution in [0.15, 0.2) is 105 Å². The average Bonchev–Trinajstić information content (AvgIpc) is 3.37. The second-order valence-corrected chi connectivity index (χ2v) is 10.4. The lowest BCUT2D eigenvalue weighted by Crippen LogP contribution is -2.32. The zero-order chi connectivity index (χ0) is 27.8. The van der Waals surface area contributed by atoms with Gasteiger partial charge in [0, 0.05) is 6.54 Å². The van der Waals surface area contributed by atoms with Crippen LogP contribution in [0.1, 0.15) is 22.6 Å². The number of halogens is 1. The molecule has 4 rings (SSSR count). The molecule has 0 unspecified atom stereocenters. The second kappa shape index (κ2) is 12.3. The van der Waals surface area contributed by atoms with Gasteiger partial charge in [-0.25, -0.2) is 18.2 Å². The molecule has 2 N–H and O–H groups in total. The third-order valence-electron chi connectivity index (χ3n) is 5.56. The number of hydrogen-bond acceptors (Lipinski definition) is 6. The number of rotatable bonds is 9. The van der Waals surface area contributed by atoms with Gasteiger partial charge >= 0.3 is 11.8 Å². The normalized spacial score (nSPS) is 11.6. The molecule has 0 atom stereocenters. The van der Waals surface area contributed by atoms with Crippen molar-refractivity contribution < 1.29 is 26.8 Å². The van der Waals surface area contributed by atoms with Crippen molar-refractivity contribution in [2.75, 3.05) is 5.32 Å². The first-order chi connectivity index (χ1) is 18.7. The van der Waals surface area contributed by atoms with Crippen LogP contribution in [0.2, 0.25) is 0 Å². The second-order valence-electron chi connectivity index (χ2n) is 8.51. The minimum absolute atomic E-state index is 0.0592. The number of aryl methyl sites for hydroxylation is 1. The minimum Gasteiger partial charge on any atom is -0.459 e. The van der Waals surface area contributed by atoms with Gasteiger partial charge in [-0.05, 0) is 48.9 Å². The van der Waals surface area contributed by atoms with Gasteiger partial charge < -0.3 is 9.73 Å². The molecule has 4 aromatic rings. The molecule has 3 aromatic carbocycles. The summed E-state index contributed by atoms with van der Waals surface area (Å²) in [6.07, 6.45) is 1.16. The maximum absolute atomic E-state index is 13.7. The number of sulfonamides is 1.